The molecule has 2 aromatic carbocycles. The molecule has 0 spiro atoms. The number of fused-ring (bicyclic) bond motifs is 1. The number of halogens is 1. The van der Waals surface area contributed by atoms with E-state index in [1.807, 2.05) is 0 Å². The molecular formula is C53H85IO12SSi2. The number of aliphatic hydroxyl groups is 1. The van der Waals surface area contributed by atoms with Gasteiger partial charge in [0.15, 0.2) is 26.5 Å². The number of aliphatic hydroxyl groups excluding tert-OH is 1. The van der Waals surface area contributed by atoms with E-state index < -0.39 is 62.4 Å². The molecule has 390 valence electrons. The maximum Gasteiger partial charge on any atom is 0.338 e. The second-order valence-corrected chi connectivity index (χ2v) is 35.3. The second kappa shape index (κ2) is 24.1. The molecule has 4 unspecified atom stereocenters. The van der Waals surface area contributed by atoms with Crippen LogP contribution in [0.5, 0.6) is 5.75 Å². The van der Waals surface area contributed by atoms with Crippen molar-refractivity contribution in [2.75, 3.05) is 37.6 Å². The second-order valence-electron chi connectivity index (χ2n) is 22.9. The lowest BCUT2D eigenvalue weighted by Crippen LogP contribution is -2.50. The molecule has 0 amide bonds. The molecule has 0 aliphatic carbocycles. The van der Waals surface area contributed by atoms with Gasteiger partial charge in [-0.15, -0.1) is 0 Å². The molecule has 3 aliphatic heterocycles. The first-order chi connectivity index (χ1) is 32.2. The van der Waals surface area contributed by atoms with Crippen molar-refractivity contribution in [2.24, 2.45) is 11.8 Å². The molecule has 3 aliphatic rings. The number of carbonyl (C=O) groups is 1. The summed E-state index contributed by atoms with van der Waals surface area (Å²) < 4.78 is 80.4. The van der Waals surface area contributed by atoms with Crippen molar-refractivity contribution >= 4 is 55.0 Å². The molecule has 3 fully saturated rings. The molecule has 0 bridgehead atoms. The van der Waals surface area contributed by atoms with E-state index in [4.69, 9.17) is 37.3 Å². The van der Waals surface area contributed by atoms with Gasteiger partial charge in [0.1, 0.15) is 11.4 Å². The molecule has 11 atom stereocenters. The van der Waals surface area contributed by atoms with E-state index in [1.54, 1.807) is 68.8 Å². The maximum absolute atomic E-state index is 14.1. The fourth-order valence-corrected chi connectivity index (χ4v) is 14.5. The Morgan fingerprint density at radius 3 is 2.14 bits per heavy atom. The van der Waals surface area contributed by atoms with E-state index in [2.05, 4.69) is 104 Å². The zero-order chi connectivity index (χ0) is 51.2. The SMILES string of the molecule is C=C([C@H](C)C[C@H]1CC[C@@H]2O[C@@H](CCCOC(=O)c3ccc(OC)cc3)CC2(CI)O1)[C@H](O)CC1OC(C[C@@H](CO[Si](C)(C)C(C)(C)C)O[Si](C)(C)C(C)(C)C)[C@H](OC)C1CS(=O)(=O)c1ccccc1. The van der Waals surface area contributed by atoms with Crippen LogP contribution < -0.4 is 4.74 Å². The van der Waals surface area contributed by atoms with Gasteiger partial charge in [-0.1, -0.05) is 95.8 Å². The van der Waals surface area contributed by atoms with E-state index in [0.29, 0.717) is 49.4 Å². The van der Waals surface area contributed by atoms with Crippen molar-refractivity contribution in [1.29, 1.82) is 0 Å². The van der Waals surface area contributed by atoms with Crippen LogP contribution in [0, 0.1) is 11.8 Å². The fourth-order valence-electron chi connectivity index (χ4n) is 9.48. The maximum atomic E-state index is 14.1. The average Bonchev–Trinajstić information content (AvgIpc) is 3.81. The average molecular weight is 1130 g/mol. The molecule has 16 heteroatoms. The topological polar surface area (TPSA) is 145 Å². The number of sulfone groups is 1. The van der Waals surface area contributed by atoms with Crippen LogP contribution in [0.25, 0.3) is 0 Å². The van der Waals surface area contributed by atoms with Crippen LogP contribution in [-0.2, 0) is 42.4 Å². The highest BCUT2D eigenvalue weighted by Gasteiger charge is 2.53. The van der Waals surface area contributed by atoms with E-state index >= 15 is 0 Å². The molecule has 0 saturated carbocycles. The highest BCUT2D eigenvalue weighted by Crippen LogP contribution is 2.46. The van der Waals surface area contributed by atoms with Crippen molar-refractivity contribution in [2.45, 2.75) is 195 Å². The van der Waals surface area contributed by atoms with Gasteiger partial charge in [0.25, 0.3) is 0 Å². The molecule has 0 radical (unpaired) electrons. The van der Waals surface area contributed by atoms with Crippen molar-refractivity contribution in [3.05, 3.63) is 72.3 Å². The first kappa shape index (κ1) is 58.2. The Morgan fingerprint density at radius 1 is 0.899 bits per heavy atom. The number of methoxy groups -OCH3 is 2. The minimum Gasteiger partial charge on any atom is -0.497 e. The predicted octanol–water partition coefficient (Wildman–Crippen LogP) is 11.2. The Hall–Kier alpha value is -1.72. The van der Waals surface area contributed by atoms with E-state index in [1.165, 1.54) is 0 Å². The molecule has 69 heavy (non-hydrogen) atoms. The third-order valence-corrected chi connectivity index (χ3v) is 28.0. The Labute approximate surface area is 431 Å². The minimum absolute atomic E-state index is 0.000776. The van der Waals surface area contributed by atoms with Gasteiger partial charge >= 0.3 is 5.97 Å². The van der Waals surface area contributed by atoms with Crippen molar-refractivity contribution < 1.29 is 55.6 Å². The van der Waals surface area contributed by atoms with Gasteiger partial charge in [-0.3, -0.25) is 0 Å². The molecule has 3 saturated heterocycles. The summed E-state index contributed by atoms with van der Waals surface area (Å²) in [6.07, 6.45) is 2.12. The summed E-state index contributed by atoms with van der Waals surface area (Å²) in [5, 5.41) is 12.0. The first-order valence-corrected chi connectivity index (χ1v) is 34.0. The highest BCUT2D eigenvalue weighted by atomic mass is 127. The Morgan fingerprint density at radius 2 is 1.55 bits per heavy atom. The minimum atomic E-state index is -3.76. The molecule has 5 rings (SSSR count). The Bertz CT molecular complexity index is 2080. The van der Waals surface area contributed by atoms with E-state index in [-0.39, 0.29) is 63.4 Å². The summed E-state index contributed by atoms with van der Waals surface area (Å²) in [6.45, 7) is 29.5. The first-order valence-electron chi connectivity index (χ1n) is 25.0. The third kappa shape index (κ3) is 15.0. The van der Waals surface area contributed by atoms with Crippen LogP contribution in [-0.4, -0.2) is 128 Å². The van der Waals surface area contributed by atoms with Gasteiger partial charge in [-0.05, 0) is 116 Å². The molecular weight excluding hydrogens is 1040 g/mol. The standard InChI is InChI=1S/C53H85IO12SSi2/c1-36(29-40-26-27-48-53(35-54,65-40)32-41(63-48)19-18-28-61-50(56)38-22-24-39(59-9)25-23-38)37(2)45(55)31-46-44(34-67(57,58)43-20-16-15-17-21-43)49(60-10)47(64-46)30-42(66-69(13,14)52(6,7)8)33-62-68(11,12)51(3,4)5/h15-17,20-25,36,40-42,44-49,55H,2,18-19,26-35H2,1,3-14H3/t36-,40-,41+,42+,44?,45-,46?,47?,48+,49-,53?/m1/s1. The van der Waals surface area contributed by atoms with Crippen molar-refractivity contribution in [3.8, 4) is 5.75 Å². The van der Waals surface area contributed by atoms with E-state index in [0.717, 1.165) is 30.1 Å². The molecule has 0 aromatic heterocycles. The number of carbonyl (C=O) groups excluding carboxylic acids is 1. The van der Waals surface area contributed by atoms with Crippen LogP contribution in [0.1, 0.15) is 110 Å². The van der Waals surface area contributed by atoms with Gasteiger partial charge in [-0.25, -0.2) is 13.2 Å². The zero-order valence-electron chi connectivity index (χ0n) is 43.9. The Kier molecular flexibility index (Phi) is 20.3. The zero-order valence-corrected chi connectivity index (χ0v) is 48.9. The Balaban J connectivity index is 1.25. The third-order valence-electron chi connectivity index (χ3n) is 15.9. The fraction of sp³-hybridized carbons (Fsp3) is 0.717. The number of hydrogen-bond donors (Lipinski definition) is 1. The van der Waals surface area contributed by atoms with Gasteiger partial charge in [0, 0.05) is 36.7 Å². The quantitative estimate of drug-likeness (QED) is 0.0267. The lowest BCUT2D eigenvalue weighted by molar-refractivity contribution is -0.155. The lowest BCUT2D eigenvalue weighted by atomic mass is 9.83. The molecule has 1 N–H and O–H groups in total. The largest absolute Gasteiger partial charge is 0.497 e. The number of ether oxygens (including phenoxy) is 6. The number of benzene rings is 2. The van der Waals surface area contributed by atoms with Crippen molar-refractivity contribution in [3.63, 3.8) is 0 Å². The van der Waals surface area contributed by atoms with Crippen LogP contribution >= 0.6 is 22.6 Å². The van der Waals surface area contributed by atoms with Gasteiger partial charge in [0.05, 0.1) is 85.4 Å². The van der Waals surface area contributed by atoms with Crippen molar-refractivity contribution in [1.82, 2.24) is 0 Å². The van der Waals surface area contributed by atoms with Crippen LogP contribution in [0.3, 0.4) is 0 Å². The summed E-state index contributed by atoms with van der Waals surface area (Å²) >= 11 is 2.41. The normalized spacial score (nSPS) is 27.1. The smallest absolute Gasteiger partial charge is 0.338 e. The summed E-state index contributed by atoms with van der Waals surface area (Å²) in [6, 6.07) is 15.4. The van der Waals surface area contributed by atoms with Gasteiger partial charge < -0.3 is 42.4 Å². The lowest BCUT2D eigenvalue weighted by Gasteiger charge is -2.42. The predicted molar refractivity (Wildman–Crippen MR) is 286 cm³/mol. The van der Waals surface area contributed by atoms with Crippen LogP contribution in [0.4, 0.5) is 0 Å². The number of rotatable bonds is 24. The van der Waals surface area contributed by atoms with Gasteiger partial charge in [-0.2, -0.15) is 0 Å². The highest BCUT2D eigenvalue weighted by molar-refractivity contribution is 14.1. The molecule has 2 aromatic rings. The summed E-state index contributed by atoms with van der Waals surface area (Å²) in [5.41, 5.74) is 0.733. The van der Waals surface area contributed by atoms with Crippen LogP contribution in [0.15, 0.2) is 71.6 Å². The van der Waals surface area contributed by atoms with E-state index in [9.17, 15) is 18.3 Å². The number of esters is 1. The van der Waals surface area contributed by atoms with Crippen LogP contribution in [0.2, 0.25) is 36.3 Å². The molecule has 12 nitrogen and oxygen atoms in total. The summed E-state index contributed by atoms with van der Waals surface area (Å²) in [5.74, 6) is -0.544. The number of alkyl halides is 1. The summed E-state index contributed by atoms with van der Waals surface area (Å²) in [4.78, 5) is 12.8. The monoisotopic (exact) mass is 1130 g/mol. The molecule has 3 heterocycles. The summed E-state index contributed by atoms with van der Waals surface area (Å²) in [7, 11) is -4.99. The number of hydrogen-bond acceptors (Lipinski definition) is 12. The van der Waals surface area contributed by atoms with Gasteiger partial charge in [0.2, 0.25) is 0 Å².